The van der Waals surface area contributed by atoms with E-state index in [0.717, 1.165) is 38.3 Å². The molecule has 1 N–H and O–H groups in total. The van der Waals surface area contributed by atoms with E-state index in [2.05, 4.69) is 22.3 Å². The number of ether oxygens (including phenoxy) is 1. The number of nitrogens with zero attached hydrogens (tertiary/aromatic N) is 3. The van der Waals surface area contributed by atoms with Crippen molar-refractivity contribution >= 4 is 0 Å². The Morgan fingerprint density at radius 3 is 2.88 bits per heavy atom. The molecule has 0 saturated heterocycles. The zero-order valence-corrected chi connectivity index (χ0v) is 10.4. The molecule has 0 amide bonds. The van der Waals surface area contributed by atoms with Crippen LogP contribution in [0.5, 0.6) is 0 Å². The molecule has 0 aliphatic rings. The molecule has 16 heavy (non-hydrogen) atoms. The van der Waals surface area contributed by atoms with Crippen LogP contribution in [0.3, 0.4) is 0 Å². The van der Waals surface area contributed by atoms with Crippen molar-refractivity contribution in [3.63, 3.8) is 0 Å². The van der Waals surface area contributed by atoms with Crippen LogP contribution in [0.4, 0.5) is 0 Å². The van der Waals surface area contributed by atoms with Crippen LogP contribution in [0, 0.1) is 0 Å². The van der Waals surface area contributed by atoms with Crippen LogP contribution in [-0.2, 0) is 18.2 Å². The summed E-state index contributed by atoms with van der Waals surface area (Å²) in [5.41, 5.74) is 0. The first kappa shape index (κ1) is 13.1. The van der Waals surface area contributed by atoms with E-state index in [1.165, 1.54) is 0 Å². The highest BCUT2D eigenvalue weighted by molar-refractivity contribution is 4.88. The second kappa shape index (κ2) is 7.35. The van der Waals surface area contributed by atoms with Crippen molar-refractivity contribution in [3.8, 4) is 0 Å². The molecule has 1 heterocycles. The van der Waals surface area contributed by atoms with Crippen LogP contribution in [0.15, 0.2) is 6.33 Å². The number of nitrogens with one attached hydrogen (secondary N) is 1. The lowest BCUT2D eigenvalue weighted by Gasteiger charge is -2.15. The van der Waals surface area contributed by atoms with Crippen molar-refractivity contribution in [2.24, 2.45) is 7.05 Å². The molecular weight excluding hydrogens is 204 g/mol. The van der Waals surface area contributed by atoms with Crippen LogP contribution >= 0.6 is 0 Å². The zero-order valence-electron chi connectivity index (χ0n) is 10.4. The van der Waals surface area contributed by atoms with E-state index in [-0.39, 0.29) is 0 Å². The lowest BCUT2D eigenvalue weighted by molar-refractivity contribution is 0.125. The maximum absolute atomic E-state index is 5.48. The van der Waals surface area contributed by atoms with Gasteiger partial charge in [-0.1, -0.05) is 6.92 Å². The minimum Gasteiger partial charge on any atom is -0.381 e. The Kier molecular flexibility index (Phi) is 6.03. The number of hydrogen-bond acceptors (Lipinski definition) is 4. The van der Waals surface area contributed by atoms with E-state index in [1.54, 1.807) is 6.33 Å². The number of aryl methyl sites for hydroxylation is 1. The van der Waals surface area contributed by atoms with Crippen molar-refractivity contribution < 1.29 is 4.74 Å². The number of likely N-dealkylation sites (N-methyl/N-ethyl adjacent to an activating group) is 1. The summed E-state index contributed by atoms with van der Waals surface area (Å²) < 4.78 is 7.30. The van der Waals surface area contributed by atoms with Crippen LogP contribution in [0.25, 0.3) is 0 Å². The fourth-order valence-electron chi connectivity index (χ4n) is 1.55. The summed E-state index contributed by atoms with van der Waals surface area (Å²) in [7, 11) is 3.89. The maximum Gasteiger partial charge on any atom is 0.138 e. The average molecular weight is 226 g/mol. The van der Waals surface area contributed by atoms with Crippen molar-refractivity contribution in [1.82, 2.24) is 20.1 Å². The third-order valence-corrected chi connectivity index (χ3v) is 2.60. The highest BCUT2D eigenvalue weighted by Crippen LogP contribution is 2.02. The Balaban J connectivity index is 2.29. The largest absolute Gasteiger partial charge is 0.381 e. The molecule has 0 saturated carbocycles. The third-order valence-electron chi connectivity index (χ3n) is 2.60. The number of hydrogen-bond donors (Lipinski definition) is 1. The molecule has 0 spiro atoms. The number of aromatic nitrogens is 3. The van der Waals surface area contributed by atoms with E-state index in [0.29, 0.717) is 6.04 Å². The lowest BCUT2D eigenvalue weighted by atomic mass is 10.1. The molecule has 0 aromatic carbocycles. The second-order valence-corrected chi connectivity index (χ2v) is 3.89. The van der Waals surface area contributed by atoms with Crippen molar-refractivity contribution in [2.45, 2.75) is 32.2 Å². The molecule has 5 heteroatoms. The smallest absolute Gasteiger partial charge is 0.138 e. The van der Waals surface area contributed by atoms with E-state index >= 15 is 0 Å². The van der Waals surface area contributed by atoms with Gasteiger partial charge in [0.25, 0.3) is 0 Å². The fourth-order valence-corrected chi connectivity index (χ4v) is 1.55. The summed E-state index contributed by atoms with van der Waals surface area (Å²) in [4.78, 5) is 4.22. The second-order valence-electron chi connectivity index (χ2n) is 3.89. The first-order valence-corrected chi connectivity index (χ1v) is 5.85. The molecular formula is C11H22N4O. The molecule has 0 fully saturated rings. The zero-order chi connectivity index (χ0) is 11.8. The van der Waals surface area contributed by atoms with E-state index < -0.39 is 0 Å². The summed E-state index contributed by atoms with van der Waals surface area (Å²) in [5.74, 6) is 1.01. The topological polar surface area (TPSA) is 52.0 Å². The molecule has 1 aromatic rings. The minimum absolute atomic E-state index is 0.403. The highest BCUT2D eigenvalue weighted by Gasteiger charge is 2.10. The molecule has 1 aromatic heterocycles. The molecule has 1 unspecified atom stereocenters. The molecule has 0 aliphatic carbocycles. The van der Waals surface area contributed by atoms with Gasteiger partial charge in [0.1, 0.15) is 12.2 Å². The molecule has 1 atom stereocenters. The quantitative estimate of drug-likeness (QED) is 0.665. The van der Waals surface area contributed by atoms with Gasteiger partial charge in [-0.2, -0.15) is 5.10 Å². The van der Waals surface area contributed by atoms with Gasteiger partial charge in [0.05, 0.1) is 0 Å². The predicted octanol–water partition coefficient (Wildman–Crippen LogP) is 0.762. The average Bonchev–Trinajstić information content (AvgIpc) is 2.68. The monoisotopic (exact) mass is 226 g/mol. The van der Waals surface area contributed by atoms with Gasteiger partial charge in [0.15, 0.2) is 0 Å². The van der Waals surface area contributed by atoms with E-state index in [9.17, 15) is 0 Å². The summed E-state index contributed by atoms with van der Waals surface area (Å²) >= 11 is 0. The van der Waals surface area contributed by atoms with Crippen LogP contribution < -0.4 is 5.32 Å². The third kappa shape index (κ3) is 4.28. The Morgan fingerprint density at radius 1 is 1.50 bits per heavy atom. The van der Waals surface area contributed by atoms with Gasteiger partial charge >= 0.3 is 0 Å². The molecule has 0 aliphatic heterocycles. The molecule has 1 rings (SSSR count). The predicted molar refractivity (Wildman–Crippen MR) is 63.3 cm³/mol. The van der Waals surface area contributed by atoms with Gasteiger partial charge < -0.3 is 10.1 Å². The standard InChI is InChI=1S/C11H22N4O/c1-4-6-16-7-5-10(12-2)8-11-13-9-14-15(11)3/h9-10,12H,4-8H2,1-3H3. The van der Waals surface area contributed by atoms with Gasteiger partial charge in [-0.3, -0.25) is 4.68 Å². The first-order valence-electron chi connectivity index (χ1n) is 5.85. The van der Waals surface area contributed by atoms with Gasteiger partial charge in [-0.25, -0.2) is 4.98 Å². The summed E-state index contributed by atoms with van der Waals surface area (Å²) in [6, 6.07) is 0.403. The van der Waals surface area contributed by atoms with Gasteiger partial charge in [0.2, 0.25) is 0 Å². The molecule has 5 nitrogen and oxygen atoms in total. The van der Waals surface area contributed by atoms with Crippen LogP contribution in [0.1, 0.15) is 25.6 Å². The lowest BCUT2D eigenvalue weighted by Crippen LogP contribution is -2.30. The van der Waals surface area contributed by atoms with Crippen molar-refractivity contribution in [1.29, 1.82) is 0 Å². The Morgan fingerprint density at radius 2 is 2.31 bits per heavy atom. The SMILES string of the molecule is CCCOCCC(Cc1ncnn1C)NC. The normalized spacial score (nSPS) is 12.9. The summed E-state index contributed by atoms with van der Waals surface area (Å²) in [6.07, 6.45) is 4.56. The van der Waals surface area contributed by atoms with Crippen molar-refractivity contribution in [3.05, 3.63) is 12.2 Å². The highest BCUT2D eigenvalue weighted by atomic mass is 16.5. The van der Waals surface area contributed by atoms with E-state index in [1.807, 2.05) is 18.8 Å². The minimum atomic E-state index is 0.403. The maximum atomic E-state index is 5.48. The van der Waals surface area contributed by atoms with Crippen molar-refractivity contribution in [2.75, 3.05) is 20.3 Å². The first-order chi connectivity index (χ1) is 7.77. The number of rotatable bonds is 8. The van der Waals surface area contributed by atoms with Gasteiger partial charge in [-0.05, 0) is 19.9 Å². The van der Waals surface area contributed by atoms with E-state index in [4.69, 9.17) is 4.74 Å². The molecule has 0 radical (unpaired) electrons. The molecule has 92 valence electrons. The summed E-state index contributed by atoms with van der Waals surface area (Å²) in [5, 5.41) is 7.34. The molecule has 0 bridgehead atoms. The van der Waals surface area contributed by atoms with Crippen LogP contribution in [0.2, 0.25) is 0 Å². The van der Waals surface area contributed by atoms with Gasteiger partial charge in [0, 0.05) is 32.7 Å². The fraction of sp³-hybridized carbons (Fsp3) is 0.818. The van der Waals surface area contributed by atoms with Gasteiger partial charge in [-0.15, -0.1) is 0 Å². The Labute approximate surface area is 97.2 Å². The Bertz CT molecular complexity index is 287. The Hall–Kier alpha value is -0.940. The van der Waals surface area contributed by atoms with Crippen LogP contribution in [-0.4, -0.2) is 41.1 Å². The summed E-state index contributed by atoms with van der Waals surface area (Å²) in [6.45, 7) is 3.77.